The molecule has 1 fully saturated rings. The second kappa shape index (κ2) is 4.68. The zero-order chi connectivity index (χ0) is 14.3. The Morgan fingerprint density at radius 2 is 2.05 bits per heavy atom. The minimum absolute atomic E-state index is 0.0328. The van der Waals surface area contributed by atoms with Crippen LogP contribution in [0, 0.1) is 5.41 Å². The molecule has 106 valence electrons. The third-order valence-corrected chi connectivity index (χ3v) is 5.32. The first kappa shape index (κ1) is 14.1. The molecule has 1 aliphatic heterocycles. The van der Waals surface area contributed by atoms with Crippen LogP contribution in [0.4, 0.5) is 5.69 Å². The quantitative estimate of drug-likeness (QED) is 0.857. The Morgan fingerprint density at radius 1 is 1.37 bits per heavy atom. The molecule has 0 bridgehead atoms. The van der Waals surface area contributed by atoms with E-state index in [4.69, 9.17) is 10.5 Å². The lowest BCUT2D eigenvalue weighted by Crippen LogP contribution is -2.30. The van der Waals surface area contributed by atoms with Crippen LogP contribution in [0.2, 0.25) is 0 Å². The van der Waals surface area contributed by atoms with E-state index >= 15 is 0 Å². The summed E-state index contributed by atoms with van der Waals surface area (Å²) in [4.78, 5) is 0.225. The first-order valence-electron chi connectivity index (χ1n) is 6.20. The number of ether oxygens (including phenoxy) is 1. The Hall–Kier alpha value is -1.27. The molecule has 1 saturated heterocycles. The fourth-order valence-electron chi connectivity index (χ4n) is 2.29. The largest absolute Gasteiger partial charge is 0.495 e. The van der Waals surface area contributed by atoms with E-state index in [9.17, 15) is 8.42 Å². The fraction of sp³-hybridized carbons (Fsp3) is 0.538. The Kier molecular flexibility index (Phi) is 3.49. The van der Waals surface area contributed by atoms with Gasteiger partial charge in [-0.05, 0) is 30.0 Å². The highest BCUT2D eigenvalue weighted by Crippen LogP contribution is 2.34. The van der Waals surface area contributed by atoms with E-state index in [-0.39, 0.29) is 10.3 Å². The molecular weight excluding hydrogens is 264 g/mol. The maximum Gasteiger partial charge on any atom is 0.243 e. The van der Waals surface area contributed by atoms with Crippen LogP contribution in [-0.4, -0.2) is 32.9 Å². The zero-order valence-electron chi connectivity index (χ0n) is 11.5. The Labute approximate surface area is 114 Å². The highest BCUT2D eigenvalue weighted by Gasteiger charge is 2.36. The monoisotopic (exact) mass is 284 g/mol. The molecular formula is C13H20N2O3S. The minimum atomic E-state index is -3.46. The molecule has 5 nitrogen and oxygen atoms in total. The molecule has 0 saturated carbocycles. The smallest absolute Gasteiger partial charge is 0.243 e. The normalized spacial score (nSPS) is 19.5. The zero-order valence-corrected chi connectivity index (χ0v) is 12.3. The molecule has 0 amide bonds. The highest BCUT2D eigenvalue weighted by molar-refractivity contribution is 7.89. The Bertz CT molecular complexity index is 582. The third-order valence-electron chi connectivity index (χ3n) is 3.48. The van der Waals surface area contributed by atoms with Gasteiger partial charge in [0.05, 0.1) is 17.7 Å². The van der Waals surface area contributed by atoms with Crippen molar-refractivity contribution in [2.75, 3.05) is 25.9 Å². The van der Waals surface area contributed by atoms with E-state index in [1.165, 1.54) is 23.5 Å². The summed E-state index contributed by atoms with van der Waals surface area (Å²) in [7, 11) is -1.96. The van der Waals surface area contributed by atoms with E-state index < -0.39 is 10.0 Å². The summed E-state index contributed by atoms with van der Waals surface area (Å²) >= 11 is 0. The minimum Gasteiger partial charge on any atom is -0.495 e. The summed E-state index contributed by atoms with van der Waals surface area (Å²) < 4.78 is 31.6. The molecule has 1 heterocycles. The van der Waals surface area contributed by atoms with Gasteiger partial charge in [-0.3, -0.25) is 0 Å². The van der Waals surface area contributed by atoms with Crippen molar-refractivity contribution in [3.8, 4) is 5.75 Å². The van der Waals surface area contributed by atoms with E-state index in [1.807, 2.05) is 0 Å². The summed E-state index contributed by atoms with van der Waals surface area (Å²) in [5.74, 6) is 0.487. The van der Waals surface area contributed by atoms with Gasteiger partial charge in [0.25, 0.3) is 0 Å². The van der Waals surface area contributed by atoms with Crippen LogP contribution in [0.15, 0.2) is 23.1 Å². The highest BCUT2D eigenvalue weighted by atomic mass is 32.2. The number of nitrogens with zero attached hydrogens (tertiary/aromatic N) is 1. The van der Waals surface area contributed by atoms with E-state index in [2.05, 4.69) is 13.8 Å². The van der Waals surface area contributed by atoms with Crippen LogP contribution < -0.4 is 10.5 Å². The lowest BCUT2D eigenvalue weighted by Gasteiger charge is -2.20. The number of methoxy groups -OCH3 is 1. The van der Waals surface area contributed by atoms with Crippen molar-refractivity contribution in [3.63, 3.8) is 0 Å². The van der Waals surface area contributed by atoms with Gasteiger partial charge >= 0.3 is 0 Å². The van der Waals surface area contributed by atoms with Gasteiger partial charge in [-0.1, -0.05) is 13.8 Å². The van der Waals surface area contributed by atoms with Crippen molar-refractivity contribution >= 4 is 15.7 Å². The van der Waals surface area contributed by atoms with Gasteiger partial charge in [-0.15, -0.1) is 0 Å². The standard InChI is InChI=1S/C13H20N2O3S/c1-13(2)6-7-15(9-13)19(16,17)10-4-5-12(18-3)11(14)8-10/h4-5,8H,6-7,9,14H2,1-3H3. The SMILES string of the molecule is COc1ccc(S(=O)(=O)N2CCC(C)(C)C2)cc1N. The van der Waals surface area contributed by atoms with Crippen LogP contribution in [0.3, 0.4) is 0 Å². The molecule has 1 aromatic carbocycles. The predicted octanol–water partition coefficient (Wildman–Crippen LogP) is 1.70. The molecule has 0 spiro atoms. The third kappa shape index (κ3) is 2.69. The average molecular weight is 284 g/mol. The number of nitrogens with two attached hydrogens (primary N) is 1. The van der Waals surface area contributed by atoms with Crippen molar-refractivity contribution in [3.05, 3.63) is 18.2 Å². The molecule has 6 heteroatoms. The Morgan fingerprint density at radius 3 is 2.53 bits per heavy atom. The molecule has 1 aliphatic rings. The lowest BCUT2D eigenvalue weighted by molar-refractivity contribution is 0.375. The topological polar surface area (TPSA) is 72.6 Å². The van der Waals surface area contributed by atoms with Gasteiger partial charge in [-0.25, -0.2) is 8.42 Å². The predicted molar refractivity (Wildman–Crippen MR) is 74.6 cm³/mol. The number of rotatable bonds is 3. The average Bonchev–Trinajstić information content (AvgIpc) is 2.70. The van der Waals surface area contributed by atoms with Crippen molar-refractivity contribution in [1.29, 1.82) is 0 Å². The molecule has 19 heavy (non-hydrogen) atoms. The summed E-state index contributed by atoms with van der Waals surface area (Å²) in [5.41, 5.74) is 6.14. The van der Waals surface area contributed by atoms with Crippen molar-refractivity contribution in [2.24, 2.45) is 5.41 Å². The first-order valence-corrected chi connectivity index (χ1v) is 7.64. The van der Waals surface area contributed by atoms with Crippen LogP contribution in [0.25, 0.3) is 0 Å². The van der Waals surface area contributed by atoms with Gasteiger partial charge in [-0.2, -0.15) is 4.31 Å². The fourth-order valence-corrected chi connectivity index (χ4v) is 3.96. The van der Waals surface area contributed by atoms with Crippen molar-refractivity contribution < 1.29 is 13.2 Å². The van der Waals surface area contributed by atoms with Crippen LogP contribution in [0.1, 0.15) is 20.3 Å². The molecule has 0 radical (unpaired) electrons. The molecule has 0 aliphatic carbocycles. The van der Waals surface area contributed by atoms with Crippen LogP contribution in [-0.2, 0) is 10.0 Å². The second-order valence-electron chi connectivity index (χ2n) is 5.66. The number of nitrogen functional groups attached to an aromatic ring is 1. The number of hydrogen-bond acceptors (Lipinski definition) is 4. The van der Waals surface area contributed by atoms with Crippen LogP contribution in [0.5, 0.6) is 5.75 Å². The molecule has 0 atom stereocenters. The van der Waals surface area contributed by atoms with E-state index in [0.29, 0.717) is 24.5 Å². The van der Waals surface area contributed by atoms with Gasteiger partial charge in [0.1, 0.15) is 5.75 Å². The first-order chi connectivity index (χ1) is 8.76. The summed E-state index contributed by atoms with van der Waals surface area (Å²) in [6, 6.07) is 4.58. The molecule has 0 unspecified atom stereocenters. The molecule has 2 rings (SSSR count). The number of sulfonamides is 1. The van der Waals surface area contributed by atoms with Gasteiger partial charge in [0.2, 0.25) is 10.0 Å². The molecule has 0 aromatic heterocycles. The summed E-state index contributed by atoms with van der Waals surface area (Å²) in [6.45, 7) is 5.25. The second-order valence-corrected chi connectivity index (χ2v) is 7.59. The Balaban J connectivity index is 2.33. The van der Waals surface area contributed by atoms with Crippen molar-refractivity contribution in [1.82, 2.24) is 4.31 Å². The maximum atomic E-state index is 12.5. The maximum absolute atomic E-state index is 12.5. The van der Waals surface area contributed by atoms with Crippen molar-refractivity contribution in [2.45, 2.75) is 25.2 Å². The number of benzene rings is 1. The lowest BCUT2D eigenvalue weighted by atomic mass is 9.93. The molecule has 1 aromatic rings. The van der Waals surface area contributed by atoms with E-state index in [1.54, 1.807) is 6.07 Å². The number of hydrogen-bond donors (Lipinski definition) is 1. The number of anilines is 1. The van der Waals surface area contributed by atoms with E-state index in [0.717, 1.165) is 6.42 Å². The van der Waals surface area contributed by atoms with Gasteiger partial charge in [0, 0.05) is 13.1 Å². The summed E-state index contributed by atoms with van der Waals surface area (Å²) in [6.07, 6.45) is 0.873. The van der Waals surface area contributed by atoms with Gasteiger partial charge in [0.15, 0.2) is 0 Å². The van der Waals surface area contributed by atoms with Gasteiger partial charge < -0.3 is 10.5 Å². The van der Waals surface area contributed by atoms with Crippen LogP contribution >= 0.6 is 0 Å². The molecule has 2 N–H and O–H groups in total. The summed E-state index contributed by atoms with van der Waals surface area (Å²) in [5, 5.41) is 0.